The molecule has 0 unspecified atom stereocenters. The Kier molecular flexibility index (Phi) is 8.73. The fraction of sp³-hybridized carbons (Fsp3) is 0.607. The number of aromatic nitrogens is 1. The van der Waals surface area contributed by atoms with Gasteiger partial charge in [0, 0.05) is 19.5 Å². The third-order valence-electron chi connectivity index (χ3n) is 7.60. The first-order valence-electron chi connectivity index (χ1n) is 12.9. The number of likely N-dealkylation sites (tertiary alicyclic amines) is 1. The summed E-state index contributed by atoms with van der Waals surface area (Å²) in [6.07, 6.45) is -1.02. The Morgan fingerprint density at radius 2 is 1.81 bits per heavy atom. The van der Waals surface area contributed by atoms with E-state index in [2.05, 4.69) is 44.2 Å². The zero-order valence-electron chi connectivity index (χ0n) is 23.7. The molecule has 1 aromatic heterocycles. The average Bonchev–Trinajstić information content (AvgIpc) is 3.41. The van der Waals surface area contributed by atoms with Crippen LogP contribution in [0.1, 0.15) is 59.2 Å². The van der Waals surface area contributed by atoms with E-state index in [1.807, 2.05) is 57.5 Å². The molecule has 37 heavy (non-hydrogen) atoms. The molecular formula is C28H43N3O4SSi. The van der Waals surface area contributed by atoms with Gasteiger partial charge in [0.2, 0.25) is 5.91 Å². The Balaban J connectivity index is 1.73. The van der Waals surface area contributed by atoms with E-state index in [1.54, 1.807) is 11.3 Å². The molecule has 0 aliphatic carbocycles. The van der Waals surface area contributed by atoms with Crippen LogP contribution in [0.3, 0.4) is 0 Å². The molecule has 1 aliphatic rings. The lowest BCUT2D eigenvalue weighted by Crippen LogP contribution is -2.52. The molecule has 9 heteroatoms. The topological polar surface area (TPSA) is 91.8 Å². The predicted octanol–water partition coefficient (Wildman–Crippen LogP) is 5.13. The number of hydrogen-bond donors (Lipinski definition) is 2. The number of carbonyl (C=O) groups is 2. The van der Waals surface area contributed by atoms with Crippen LogP contribution in [0, 0.1) is 12.3 Å². The van der Waals surface area contributed by atoms with Crippen molar-refractivity contribution in [1.82, 2.24) is 15.2 Å². The van der Waals surface area contributed by atoms with Crippen LogP contribution in [0.15, 0.2) is 29.8 Å². The summed E-state index contributed by atoms with van der Waals surface area (Å²) in [5, 5.41) is 13.8. The van der Waals surface area contributed by atoms with Gasteiger partial charge < -0.3 is 19.7 Å². The molecule has 3 atom stereocenters. The Hall–Kier alpha value is -2.07. The fourth-order valence-electron chi connectivity index (χ4n) is 4.16. The van der Waals surface area contributed by atoms with Gasteiger partial charge in [-0.2, -0.15) is 0 Å². The van der Waals surface area contributed by atoms with Crippen LogP contribution in [-0.4, -0.2) is 59.9 Å². The minimum absolute atomic E-state index is 0.0109. The van der Waals surface area contributed by atoms with Crippen molar-refractivity contribution < 1.29 is 19.1 Å². The first-order valence-corrected chi connectivity index (χ1v) is 16.7. The Morgan fingerprint density at radius 3 is 2.32 bits per heavy atom. The number of nitrogens with zero attached hydrogens (tertiary/aromatic N) is 2. The van der Waals surface area contributed by atoms with Crippen LogP contribution in [0.4, 0.5) is 0 Å². The highest BCUT2D eigenvalue weighted by Crippen LogP contribution is 2.39. The standard InChI is InChI=1S/C28H43N3O4SSi/c1-18-23(36-17-30-18)20-12-10-19(11-13-20)15-29-25(33)22-14-21(35-37(8,9)28(5,6)7)16-31(22)26(34)24(32)27(2,3)4/h10-13,17,21-22,24,32H,14-16H2,1-9H3,(H,29,33)/t21-,22+,24-/m1/s1. The van der Waals surface area contributed by atoms with E-state index in [0.29, 0.717) is 19.5 Å². The van der Waals surface area contributed by atoms with Crippen molar-refractivity contribution in [2.45, 2.75) is 97.8 Å². The van der Waals surface area contributed by atoms with Crippen molar-refractivity contribution in [1.29, 1.82) is 0 Å². The predicted molar refractivity (Wildman–Crippen MR) is 152 cm³/mol. The molecule has 3 rings (SSSR count). The molecule has 1 fully saturated rings. The molecule has 2 N–H and O–H groups in total. The second kappa shape index (κ2) is 11.0. The summed E-state index contributed by atoms with van der Waals surface area (Å²) >= 11 is 1.61. The van der Waals surface area contributed by atoms with E-state index in [0.717, 1.165) is 21.7 Å². The molecule has 7 nitrogen and oxygen atoms in total. The Morgan fingerprint density at radius 1 is 1.19 bits per heavy atom. The number of amides is 2. The number of thiazole rings is 1. The highest BCUT2D eigenvalue weighted by molar-refractivity contribution is 7.13. The molecule has 0 bridgehead atoms. The van der Waals surface area contributed by atoms with Gasteiger partial charge in [-0.1, -0.05) is 65.8 Å². The summed E-state index contributed by atoms with van der Waals surface area (Å²) in [5.74, 6) is -0.642. The summed E-state index contributed by atoms with van der Waals surface area (Å²) in [5.41, 5.74) is 4.29. The minimum atomic E-state index is -2.10. The first-order chi connectivity index (χ1) is 17.0. The van der Waals surface area contributed by atoms with Gasteiger partial charge in [-0.3, -0.25) is 9.59 Å². The quantitative estimate of drug-likeness (QED) is 0.471. The van der Waals surface area contributed by atoms with Crippen LogP contribution in [0.25, 0.3) is 10.4 Å². The van der Waals surface area contributed by atoms with Gasteiger partial charge in [0.15, 0.2) is 8.32 Å². The van der Waals surface area contributed by atoms with Crippen LogP contribution in [0.5, 0.6) is 0 Å². The lowest BCUT2D eigenvalue weighted by Gasteiger charge is -2.38. The zero-order chi connectivity index (χ0) is 27.8. The zero-order valence-corrected chi connectivity index (χ0v) is 25.5. The van der Waals surface area contributed by atoms with Gasteiger partial charge in [0.25, 0.3) is 5.91 Å². The van der Waals surface area contributed by atoms with Crippen LogP contribution in [0.2, 0.25) is 18.1 Å². The summed E-state index contributed by atoms with van der Waals surface area (Å²) in [4.78, 5) is 33.7. The van der Waals surface area contributed by atoms with Crippen molar-refractivity contribution in [3.05, 3.63) is 41.0 Å². The molecule has 0 saturated carbocycles. The second-order valence-corrected chi connectivity index (χ2v) is 18.3. The van der Waals surface area contributed by atoms with Crippen molar-refractivity contribution in [3.63, 3.8) is 0 Å². The molecule has 0 spiro atoms. The van der Waals surface area contributed by atoms with Gasteiger partial charge in [0.05, 0.1) is 22.2 Å². The highest BCUT2D eigenvalue weighted by Gasteiger charge is 2.47. The molecule has 2 aromatic rings. The van der Waals surface area contributed by atoms with Crippen LogP contribution in [-0.2, 0) is 20.6 Å². The normalized spacial score (nSPS) is 19.7. The highest BCUT2D eigenvalue weighted by atomic mass is 32.1. The van der Waals surface area contributed by atoms with E-state index in [-0.39, 0.29) is 17.0 Å². The Labute approximate surface area is 226 Å². The summed E-state index contributed by atoms with van der Waals surface area (Å²) in [6, 6.07) is 7.39. The Bertz CT molecular complexity index is 1100. The third-order valence-corrected chi connectivity index (χ3v) is 13.1. The van der Waals surface area contributed by atoms with E-state index < -0.39 is 31.8 Å². The van der Waals surface area contributed by atoms with Gasteiger partial charge in [0.1, 0.15) is 12.1 Å². The molecule has 2 amide bonds. The minimum Gasteiger partial charge on any atom is -0.412 e. The first kappa shape index (κ1) is 29.5. The second-order valence-electron chi connectivity index (χ2n) is 12.7. The molecule has 204 valence electrons. The van der Waals surface area contributed by atoms with Crippen molar-refractivity contribution in [3.8, 4) is 10.4 Å². The number of aliphatic hydroxyl groups is 1. The molecule has 2 heterocycles. The van der Waals surface area contributed by atoms with Gasteiger partial charge in [-0.15, -0.1) is 11.3 Å². The molecular weight excluding hydrogens is 502 g/mol. The monoisotopic (exact) mass is 545 g/mol. The number of aliphatic hydroxyl groups excluding tert-OH is 1. The van der Waals surface area contributed by atoms with E-state index in [1.165, 1.54) is 4.90 Å². The molecule has 1 saturated heterocycles. The maximum Gasteiger partial charge on any atom is 0.252 e. The molecule has 1 aromatic carbocycles. The van der Waals surface area contributed by atoms with Crippen molar-refractivity contribution in [2.24, 2.45) is 5.41 Å². The van der Waals surface area contributed by atoms with Gasteiger partial charge >= 0.3 is 0 Å². The number of hydrogen-bond acceptors (Lipinski definition) is 6. The number of nitrogens with one attached hydrogen (secondary N) is 1. The number of rotatable bonds is 7. The van der Waals surface area contributed by atoms with Crippen molar-refractivity contribution in [2.75, 3.05) is 6.54 Å². The van der Waals surface area contributed by atoms with Gasteiger partial charge in [-0.05, 0) is 41.6 Å². The fourth-order valence-corrected chi connectivity index (χ4v) is 6.33. The maximum atomic E-state index is 13.4. The lowest BCUT2D eigenvalue weighted by molar-refractivity contribution is -0.150. The van der Waals surface area contributed by atoms with E-state index >= 15 is 0 Å². The summed E-state index contributed by atoms with van der Waals surface area (Å²) in [6.45, 7) is 19.0. The SMILES string of the molecule is Cc1ncsc1-c1ccc(CNC(=O)[C@@H]2C[C@@H](O[Si](C)(C)C(C)(C)C)CN2C(=O)[C@@H](O)C(C)(C)C)cc1. The summed E-state index contributed by atoms with van der Waals surface area (Å²) in [7, 11) is -2.10. The number of aryl methyl sites for hydroxylation is 1. The van der Waals surface area contributed by atoms with Crippen LogP contribution >= 0.6 is 11.3 Å². The van der Waals surface area contributed by atoms with E-state index in [4.69, 9.17) is 4.43 Å². The largest absolute Gasteiger partial charge is 0.412 e. The van der Waals surface area contributed by atoms with Gasteiger partial charge in [-0.25, -0.2) is 4.98 Å². The smallest absolute Gasteiger partial charge is 0.252 e. The van der Waals surface area contributed by atoms with Crippen molar-refractivity contribution >= 4 is 31.5 Å². The molecule has 1 aliphatic heterocycles. The van der Waals surface area contributed by atoms with E-state index in [9.17, 15) is 14.7 Å². The summed E-state index contributed by atoms with van der Waals surface area (Å²) < 4.78 is 6.59. The number of carbonyl (C=O) groups excluding carboxylic acids is 2. The third kappa shape index (κ3) is 6.87. The number of benzene rings is 1. The molecule has 0 radical (unpaired) electrons. The maximum absolute atomic E-state index is 13.4. The average molecular weight is 546 g/mol. The lowest BCUT2D eigenvalue weighted by atomic mass is 9.88. The van der Waals surface area contributed by atoms with Crippen LogP contribution < -0.4 is 5.32 Å².